The van der Waals surface area contributed by atoms with Crippen molar-refractivity contribution in [1.82, 2.24) is 4.89 Å². The lowest BCUT2D eigenvalue weighted by Crippen LogP contribution is -2.32. The van der Waals surface area contributed by atoms with Crippen LogP contribution in [0.25, 0.3) is 0 Å². The Bertz CT molecular complexity index is 636. The molecule has 0 aromatic heterocycles. The number of hydrogen-bond donors (Lipinski definition) is 0. The molecule has 1 aromatic carbocycles. The van der Waals surface area contributed by atoms with E-state index in [1.54, 1.807) is 6.07 Å². The first-order valence-corrected chi connectivity index (χ1v) is 10.3. The monoisotopic (exact) mass is 354 g/mol. The SMILES string of the molecule is CCC(C)(C)c1cccc(O[N]S(=O)(=O)CC(C)C(C)(C)CC)c1. The van der Waals surface area contributed by atoms with Crippen LogP contribution in [0.4, 0.5) is 0 Å². The van der Waals surface area contributed by atoms with Gasteiger partial charge in [0, 0.05) is 0 Å². The second kappa shape index (κ2) is 7.87. The predicted molar refractivity (Wildman–Crippen MR) is 99.5 cm³/mol. The number of nitrogens with zero attached hydrogens (tertiary/aromatic N) is 1. The van der Waals surface area contributed by atoms with Gasteiger partial charge in [0.15, 0.2) is 5.75 Å². The molecule has 0 aliphatic carbocycles. The van der Waals surface area contributed by atoms with Crippen molar-refractivity contribution >= 4 is 10.0 Å². The predicted octanol–water partition coefficient (Wildman–Crippen LogP) is 4.67. The first-order valence-electron chi connectivity index (χ1n) is 8.66. The van der Waals surface area contributed by atoms with Crippen molar-refractivity contribution in [2.24, 2.45) is 11.3 Å². The van der Waals surface area contributed by atoms with Crippen molar-refractivity contribution in [3.8, 4) is 5.75 Å². The van der Waals surface area contributed by atoms with E-state index in [1.165, 1.54) is 0 Å². The fourth-order valence-corrected chi connectivity index (χ4v) is 3.54. The average Bonchev–Trinajstić information content (AvgIpc) is 2.53. The highest BCUT2D eigenvalue weighted by Crippen LogP contribution is 2.31. The van der Waals surface area contributed by atoms with E-state index in [0.717, 1.165) is 18.4 Å². The molecule has 1 radical (unpaired) electrons. The van der Waals surface area contributed by atoms with Crippen LogP contribution in [0.3, 0.4) is 0 Å². The Morgan fingerprint density at radius 2 is 1.75 bits per heavy atom. The van der Waals surface area contributed by atoms with Crippen molar-refractivity contribution in [3.05, 3.63) is 29.8 Å². The van der Waals surface area contributed by atoms with Crippen molar-refractivity contribution in [2.75, 3.05) is 5.75 Å². The van der Waals surface area contributed by atoms with Crippen molar-refractivity contribution in [3.63, 3.8) is 0 Å². The van der Waals surface area contributed by atoms with Crippen LogP contribution >= 0.6 is 0 Å². The van der Waals surface area contributed by atoms with E-state index in [0.29, 0.717) is 5.75 Å². The average molecular weight is 355 g/mol. The smallest absolute Gasteiger partial charge is 0.263 e. The van der Waals surface area contributed by atoms with Gasteiger partial charge in [-0.25, -0.2) is 8.42 Å². The molecule has 0 aliphatic heterocycles. The normalized spacial score (nSPS) is 14.5. The first kappa shape index (κ1) is 21.0. The lowest BCUT2D eigenvalue weighted by Gasteiger charge is -2.29. The van der Waals surface area contributed by atoms with Crippen molar-refractivity contribution < 1.29 is 13.3 Å². The maximum absolute atomic E-state index is 12.2. The largest absolute Gasteiger partial charge is 0.372 e. The summed E-state index contributed by atoms with van der Waals surface area (Å²) in [6.45, 7) is 14.6. The highest BCUT2D eigenvalue weighted by Gasteiger charge is 2.29. The van der Waals surface area contributed by atoms with E-state index in [4.69, 9.17) is 4.84 Å². The zero-order valence-electron chi connectivity index (χ0n) is 16.1. The van der Waals surface area contributed by atoms with Crippen LogP contribution in [-0.2, 0) is 15.4 Å². The summed E-state index contributed by atoms with van der Waals surface area (Å²) < 4.78 is 24.4. The molecule has 1 aromatic rings. The topological polar surface area (TPSA) is 57.5 Å². The van der Waals surface area contributed by atoms with Crippen LogP contribution in [0.5, 0.6) is 5.75 Å². The van der Waals surface area contributed by atoms with Crippen LogP contribution in [0, 0.1) is 11.3 Å². The Morgan fingerprint density at radius 3 is 2.29 bits per heavy atom. The minimum Gasteiger partial charge on any atom is -0.372 e. The Labute approximate surface area is 148 Å². The molecule has 0 bridgehead atoms. The highest BCUT2D eigenvalue weighted by molar-refractivity contribution is 7.89. The minimum absolute atomic E-state index is 0.00482. The minimum atomic E-state index is -3.62. The Morgan fingerprint density at radius 1 is 1.12 bits per heavy atom. The molecule has 0 spiro atoms. The molecule has 1 rings (SSSR count). The fourth-order valence-electron chi connectivity index (χ4n) is 2.20. The van der Waals surface area contributed by atoms with Crippen LogP contribution in [0.15, 0.2) is 24.3 Å². The Kier molecular flexibility index (Phi) is 6.88. The molecule has 0 saturated carbocycles. The molecule has 0 heterocycles. The third-order valence-corrected chi connectivity index (χ3v) is 6.68. The van der Waals surface area contributed by atoms with Gasteiger partial charge in [0.25, 0.3) is 10.0 Å². The second-order valence-electron chi connectivity index (χ2n) is 7.92. The molecule has 4 nitrogen and oxygen atoms in total. The zero-order chi connectivity index (χ0) is 18.6. The third kappa shape index (κ3) is 5.78. The van der Waals surface area contributed by atoms with Gasteiger partial charge in [0.1, 0.15) is 0 Å². The third-order valence-electron chi connectivity index (χ3n) is 5.46. The van der Waals surface area contributed by atoms with E-state index in [1.807, 2.05) is 25.1 Å². The van der Waals surface area contributed by atoms with Gasteiger partial charge in [-0.3, -0.25) is 0 Å². The van der Waals surface area contributed by atoms with E-state index in [9.17, 15) is 8.42 Å². The lowest BCUT2D eigenvalue weighted by molar-refractivity contribution is 0.230. The highest BCUT2D eigenvalue weighted by atomic mass is 32.2. The van der Waals surface area contributed by atoms with Gasteiger partial charge < -0.3 is 4.84 Å². The summed E-state index contributed by atoms with van der Waals surface area (Å²) in [5, 5.41) is 0. The summed E-state index contributed by atoms with van der Waals surface area (Å²) in [6, 6.07) is 7.49. The van der Waals surface area contributed by atoms with E-state index >= 15 is 0 Å². The molecule has 0 fully saturated rings. The standard InChI is InChI=1S/C19H32NO3S/c1-8-18(4,5)15(3)14-24(21,22)20-23-17-12-10-11-16(13-17)19(6,7)9-2/h10-13,15H,8-9,14H2,1-7H3. The molecular weight excluding hydrogens is 322 g/mol. The van der Waals surface area contributed by atoms with E-state index in [-0.39, 0.29) is 22.5 Å². The number of rotatable bonds is 9. The second-order valence-corrected chi connectivity index (χ2v) is 9.57. The maximum atomic E-state index is 12.2. The zero-order valence-corrected chi connectivity index (χ0v) is 16.9. The van der Waals surface area contributed by atoms with Crippen molar-refractivity contribution in [2.45, 2.75) is 66.7 Å². The summed E-state index contributed by atoms with van der Waals surface area (Å²) in [5.74, 6) is 0.457. The van der Waals surface area contributed by atoms with Gasteiger partial charge in [-0.15, -0.1) is 0 Å². The quantitative estimate of drug-likeness (QED) is 0.605. The summed E-state index contributed by atoms with van der Waals surface area (Å²) in [5.41, 5.74) is 1.07. The van der Waals surface area contributed by atoms with Gasteiger partial charge in [-0.1, -0.05) is 67.0 Å². The number of hydrogen-bond acceptors (Lipinski definition) is 3. The van der Waals surface area contributed by atoms with Crippen LogP contribution in [0.1, 0.15) is 66.9 Å². The lowest BCUT2D eigenvalue weighted by atomic mass is 9.79. The van der Waals surface area contributed by atoms with Crippen LogP contribution in [-0.4, -0.2) is 14.2 Å². The molecular formula is C19H32NO3S. The molecule has 24 heavy (non-hydrogen) atoms. The molecule has 137 valence electrons. The summed E-state index contributed by atoms with van der Waals surface area (Å²) in [7, 11) is -3.62. The van der Waals surface area contributed by atoms with E-state index < -0.39 is 10.0 Å². The number of benzene rings is 1. The maximum Gasteiger partial charge on any atom is 0.263 e. The molecule has 0 N–H and O–H groups in total. The molecule has 0 saturated heterocycles. The summed E-state index contributed by atoms with van der Waals surface area (Å²) in [6.07, 6.45) is 1.90. The number of sulfonamides is 1. The summed E-state index contributed by atoms with van der Waals surface area (Å²) >= 11 is 0. The van der Waals surface area contributed by atoms with Gasteiger partial charge in [-0.2, -0.15) is 0 Å². The van der Waals surface area contributed by atoms with Crippen LogP contribution in [0.2, 0.25) is 0 Å². The van der Waals surface area contributed by atoms with Crippen LogP contribution < -0.4 is 9.72 Å². The molecule has 5 heteroatoms. The van der Waals surface area contributed by atoms with Gasteiger partial charge >= 0.3 is 0 Å². The molecule has 1 unspecified atom stereocenters. The molecule has 1 atom stereocenters. The Balaban J connectivity index is 2.77. The van der Waals surface area contributed by atoms with Gasteiger partial charge in [0.05, 0.1) is 10.6 Å². The first-order chi connectivity index (χ1) is 10.9. The van der Waals surface area contributed by atoms with Crippen molar-refractivity contribution in [1.29, 1.82) is 0 Å². The Hall–Kier alpha value is -1.07. The summed E-state index contributed by atoms with van der Waals surface area (Å²) in [4.78, 5) is 8.77. The fraction of sp³-hybridized carbons (Fsp3) is 0.684. The van der Waals surface area contributed by atoms with Gasteiger partial charge in [-0.05, 0) is 40.9 Å². The van der Waals surface area contributed by atoms with Gasteiger partial charge in [0.2, 0.25) is 0 Å². The molecule has 0 amide bonds. The molecule has 0 aliphatic rings. The van der Waals surface area contributed by atoms with E-state index in [2.05, 4.69) is 46.4 Å².